The van der Waals surface area contributed by atoms with Gasteiger partial charge in [0.1, 0.15) is 5.60 Å². The lowest BCUT2D eigenvalue weighted by Crippen LogP contribution is -2.38. The second kappa shape index (κ2) is 4.15. The zero-order valence-electron chi connectivity index (χ0n) is 7.31. The number of rotatable bonds is 4. The predicted molar refractivity (Wildman–Crippen MR) is 44.2 cm³/mol. The van der Waals surface area contributed by atoms with Crippen LogP contribution in [-0.4, -0.2) is 18.5 Å². The maximum Gasteiger partial charge on any atom is 0.236 e. The first-order chi connectivity index (χ1) is 5.16. The van der Waals surface area contributed by atoms with Gasteiger partial charge in [-0.2, -0.15) is 0 Å². The Morgan fingerprint density at radius 1 is 1.55 bits per heavy atom. The minimum absolute atomic E-state index is 0.259. The third kappa shape index (κ3) is 1.81. The Labute approximate surface area is 67.9 Å². The second-order valence-corrected chi connectivity index (χ2v) is 2.38. The Hall–Kier alpha value is -0.810. The highest BCUT2D eigenvalue weighted by Crippen LogP contribution is 2.19. The summed E-state index contributed by atoms with van der Waals surface area (Å²) in [5, 5.41) is 0. The van der Waals surface area contributed by atoms with Gasteiger partial charge in [0.25, 0.3) is 0 Å². The third-order valence-electron chi connectivity index (χ3n) is 2.08. The van der Waals surface area contributed by atoms with Gasteiger partial charge in [-0.15, -0.1) is 6.42 Å². The van der Waals surface area contributed by atoms with Crippen molar-refractivity contribution in [1.29, 1.82) is 0 Å². The number of carbonyl (C=O) groups is 1. The molecule has 0 aromatic rings. The standard InChI is InChI=1S/C9H14O2/c1-5-8(10)9(6-2,7-3)11-4/h1H,6-7H2,2-4H3. The number of hydrogen-bond acceptors (Lipinski definition) is 2. The summed E-state index contributed by atoms with van der Waals surface area (Å²) in [7, 11) is 1.52. The molecule has 11 heavy (non-hydrogen) atoms. The van der Waals surface area contributed by atoms with E-state index in [9.17, 15) is 4.79 Å². The summed E-state index contributed by atoms with van der Waals surface area (Å²) in [5.74, 6) is 1.84. The molecular weight excluding hydrogens is 140 g/mol. The molecule has 0 unspecified atom stereocenters. The van der Waals surface area contributed by atoms with E-state index in [0.29, 0.717) is 12.8 Å². The van der Waals surface area contributed by atoms with E-state index >= 15 is 0 Å². The average molecular weight is 154 g/mol. The first kappa shape index (κ1) is 10.2. The normalized spacial score (nSPS) is 10.7. The van der Waals surface area contributed by atoms with Gasteiger partial charge in [-0.1, -0.05) is 13.8 Å². The van der Waals surface area contributed by atoms with Crippen LogP contribution in [0.1, 0.15) is 26.7 Å². The number of Topliss-reactive ketones (excluding diaryl/α,β-unsaturated/α-hetero) is 1. The SMILES string of the molecule is C#CC(=O)C(CC)(CC)OC. The van der Waals surface area contributed by atoms with Crippen molar-refractivity contribution in [1.82, 2.24) is 0 Å². The number of ether oxygens (including phenoxy) is 1. The number of hydrogen-bond donors (Lipinski definition) is 0. The largest absolute Gasteiger partial charge is 0.369 e. The molecule has 0 aromatic heterocycles. The third-order valence-corrected chi connectivity index (χ3v) is 2.08. The van der Waals surface area contributed by atoms with Gasteiger partial charge >= 0.3 is 0 Å². The first-order valence-electron chi connectivity index (χ1n) is 3.73. The van der Waals surface area contributed by atoms with Gasteiger partial charge in [-0.25, -0.2) is 0 Å². The molecule has 0 fully saturated rings. The van der Waals surface area contributed by atoms with E-state index in [4.69, 9.17) is 11.2 Å². The minimum Gasteiger partial charge on any atom is -0.369 e. The molecule has 0 amide bonds. The van der Waals surface area contributed by atoms with Crippen molar-refractivity contribution < 1.29 is 9.53 Å². The highest BCUT2D eigenvalue weighted by Gasteiger charge is 2.32. The van der Waals surface area contributed by atoms with Crippen LogP contribution >= 0.6 is 0 Å². The average Bonchev–Trinajstić information content (AvgIpc) is 2.08. The first-order valence-corrected chi connectivity index (χ1v) is 3.73. The van der Waals surface area contributed by atoms with Gasteiger partial charge in [0.15, 0.2) is 0 Å². The van der Waals surface area contributed by atoms with Gasteiger partial charge in [0, 0.05) is 7.11 Å². The smallest absolute Gasteiger partial charge is 0.236 e. The van der Waals surface area contributed by atoms with Crippen LogP contribution in [0, 0.1) is 12.3 Å². The number of terminal acetylenes is 1. The molecule has 0 aliphatic carbocycles. The molecule has 0 rings (SSSR count). The molecule has 2 nitrogen and oxygen atoms in total. The van der Waals surface area contributed by atoms with E-state index in [2.05, 4.69) is 5.92 Å². The molecule has 0 spiro atoms. The van der Waals surface area contributed by atoms with Crippen LogP contribution < -0.4 is 0 Å². The highest BCUT2D eigenvalue weighted by molar-refractivity contribution is 6.01. The fourth-order valence-electron chi connectivity index (χ4n) is 1.08. The zero-order valence-corrected chi connectivity index (χ0v) is 7.31. The second-order valence-electron chi connectivity index (χ2n) is 2.38. The number of carbonyl (C=O) groups excluding carboxylic acids is 1. The molecule has 62 valence electrons. The van der Waals surface area contributed by atoms with Gasteiger partial charge in [-0.3, -0.25) is 4.79 Å². The summed E-state index contributed by atoms with van der Waals surface area (Å²) in [6, 6.07) is 0. The Kier molecular flexibility index (Phi) is 3.84. The summed E-state index contributed by atoms with van der Waals surface area (Å²) >= 11 is 0. The van der Waals surface area contributed by atoms with E-state index in [1.165, 1.54) is 7.11 Å². The Balaban J connectivity index is 4.57. The van der Waals surface area contributed by atoms with Crippen LogP contribution in [0.15, 0.2) is 0 Å². The predicted octanol–water partition coefficient (Wildman–Crippen LogP) is 1.39. The van der Waals surface area contributed by atoms with E-state index in [1.54, 1.807) is 0 Å². The Morgan fingerprint density at radius 2 is 2.00 bits per heavy atom. The van der Waals surface area contributed by atoms with Crippen molar-refractivity contribution in [2.24, 2.45) is 0 Å². The molecule has 2 heteroatoms. The van der Waals surface area contributed by atoms with Crippen LogP contribution in [0.4, 0.5) is 0 Å². The van der Waals surface area contributed by atoms with Gasteiger partial charge in [0.2, 0.25) is 5.78 Å². The quantitative estimate of drug-likeness (QED) is 0.452. The molecule has 0 aromatic carbocycles. The molecule has 0 saturated heterocycles. The van der Waals surface area contributed by atoms with Crippen molar-refractivity contribution in [3.63, 3.8) is 0 Å². The fraction of sp³-hybridized carbons (Fsp3) is 0.667. The van der Waals surface area contributed by atoms with Crippen LogP contribution in [0.5, 0.6) is 0 Å². The highest BCUT2D eigenvalue weighted by atomic mass is 16.5. The van der Waals surface area contributed by atoms with E-state index in [1.807, 2.05) is 13.8 Å². The van der Waals surface area contributed by atoms with Crippen LogP contribution in [0.3, 0.4) is 0 Å². The van der Waals surface area contributed by atoms with Crippen LogP contribution in [0.2, 0.25) is 0 Å². The zero-order chi connectivity index (χ0) is 8.91. The summed E-state index contributed by atoms with van der Waals surface area (Å²) in [6.45, 7) is 3.78. The molecule has 0 saturated carbocycles. The van der Waals surface area contributed by atoms with E-state index < -0.39 is 5.60 Å². The summed E-state index contributed by atoms with van der Waals surface area (Å²) in [5.41, 5.74) is -0.741. The molecule has 0 aliphatic rings. The molecule has 0 aliphatic heterocycles. The minimum atomic E-state index is -0.741. The maximum absolute atomic E-state index is 11.2. The molecule has 0 radical (unpaired) electrons. The fourth-order valence-corrected chi connectivity index (χ4v) is 1.08. The molecule has 0 N–H and O–H groups in total. The van der Waals surface area contributed by atoms with Gasteiger partial charge in [-0.05, 0) is 18.8 Å². The van der Waals surface area contributed by atoms with Crippen molar-refractivity contribution in [3.8, 4) is 12.3 Å². The molecule has 0 bridgehead atoms. The topological polar surface area (TPSA) is 26.3 Å². The van der Waals surface area contributed by atoms with Gasteiger partial charge in [0.05, 0.1) is 0 Å². The molecule has 0 atom stereocenters. The molecular formula is C9H14O2. The lowest BCUT2D eigenvalue weighted by molar-refractivity contribution is -0.135. The van der Waals surface area contributed by atoms with Crippen molar-refractivity contribution in [2.75, 3.05) is 7.11 Å². The summed E-state index contributed by atoms with van der Waals surface area (Å²) in [6.07, 6.45) is 6.26. The lowest BCUT2D eigenvalue weighted by Gasteiger charge is -2.25. The lowest BCUT2D eigenvalue weighted by atomic mass is 9.92. The van der Waals surface area contributed by atoms with E-state index in [0.717, 1.165) is 0 Å². The summed E-state index contributed by atoms with van der Waals surface area (Å²) in [4.78, 5) is 11.2. The monoisotopic (exact) mass is 154 g/mol. The van der Waals surface area contributed by atoms with Gasteiger partial charge < -0.3 is 4.74 Å². The number of methoxy groups -OCH3 is 1. The van der Waals surface area contributed by atoms with Crippen molar-refractivity contribution >= 4 is 5.78 Å². The maximum atomic E-state index is 11.2. The van der Waals surface area contributed by atoms with Crippen molar-refractivity contribution in [2.45, 2.75) is 32.3 Å². The number of ketones is 1. The summed E-state index contributed by atoms with van der Waals surface area (Å²) < 4.78 is 5.10. The Bertz CT molecular complexity index is 164. The van der Waals surface area contributed by atoms with Crippen LogP contribution in [0.25, 0.3) is 0 Å². The van der Waals surface area contributed by atoms with E-state index in [-0.39, 0.29) is 5.78 Å². The van der Waals surface area contributed by atoms with Crippen molar-refractivity contribution in [3.05, 3.63) is 0 Å². The molecule has 0 heterocycles. The van der Waals surface area contributed by atoms with Crippen LogP contribution in [-0.2, 0) is 9.53 Å². The Morgan fingerprint density at radius 3 is 2.09 bits per heavy atom.